The van der Waals surface area contributed by atoms with E-state index < -0.39 is 21.9 Å². The van der Waals surface area contributed by atoms with Crippen LogP contribution in [0.4, 0.5) is 4.39 Å². The maximum atomic E-state index is 14.9. The largest absolute Gasteiger partial charge is 0.339 e. The number of primary sulfonamides is 1. The van der Waals surface area contributed by atoms with Crippen molar-refractivity contribution in [3.05, 3.63) is 53.8 Å². The first-order valence-corrected chi connectivity index (χ1v) is 12.6. The number of benzene rings is 2. The van der Waals surface area contributed by atoms with E-state index >= 15 is 0 Å². The minimum atomic E-state index is -3.87. The number of piperidine rings is 1. The van der Waals surface area contributed by atoms with Crippen LogP contribution >= 0.6 is 0 Å². The van der Waals surface area contributed by atoms with Gasteiger partial charge in [0.2, 0.25) is 15.9 Å². The maximum absolute atomic E-state index is 14.9. The molecule has 1 saturated heterocycles. The standard InChI is InChI=1S/C24H25FN4O3S/c1-12-21-18-10-20(22(12)21)29-23(18)24(30)28-16(11-26)7-15-6-5-14(9-19(15)25)13-3-2-4-17(8-13)33(27,31)32/h2-6,8-9,12,16,18,20-23,29H,7,10H2,1H3,(H,28,30)(H2,27,31,32)/t12?,16-,18+,20-,21?,22?,23-/m0/s1. The van der Waals surface area contributed by atoms with E-state index in [9.17, 15) is 22.9 Å². The van der Waals surface area contributed by atoms with Gasteiger partial charge in [-0.05, 0) is 65.0 Å². The Morgan fingerprint density at radius 1 is 1.27 bits per heavy atom. The quantitative estimate of drug-likeness (QED) is 0.597. The molecule has 1 aliphatic heterocycles. The first-order valence-electron chi connectivity index (χ1n) is 11.0. The van der Waals surface area contributed by atoms with Gasteiger partial charge in [0, 0.05) is 12.5 Å². The van der Waals surface area contributed by atoms with Gasteiger partial charge in [0.25, 0.3) is 0 Å². The number of hydrogen-bond donors (Lipinski definition) is 3. The van der Waals surface area contributed by atoms with Crippen LogP contribution in [0.25, 0.3) is 11.1 Å². The van der Waals surface area contributed by atoms with Crippen molar-refractivity contribution < 1.29 is 17.6 Å². The number of fused-ring (bicyclic) bond motifs is 5. The van der Waals surface area contributed by atoms with Crippen LogP contribution in [0.3, 0.4) is 0 Å². The Morgan fingerprint density at radius 3 is 2.70 bits per heavy atom. The molecular formula is C24H25FN4O3S. The van der Waals surface area contributed by atoms with Crippen LogP contribution in [0, 0.1) is 40.8 Å². The second-order valence-corrected chi connectivity index (χ2v) is 11.0. The van der Waals surface area contributed by atoms with Crippen molar-refractivity contribution in [1.29, 1.82) is 5.26 Å². The molecular weight excluding hydrogens is 443 g/mol. The average Bonchev–Trinajstić information content (AvgIpc) is 3.13. The van der Waals surface area contributed by atoms with Gasteiger partial charge in [0.15, 0.2) is 0 Å². The molecule has 5 rings (SSSR count). The van der Waals surface area contributed by atoms with E-state index in [1.54, 1.807) is 18.2 Å². The molecule has 4 N–H and O–H groups in total. The molecule has 172 valence electrons. The molecule has 9 heteroatoms. The third-order valence-electron chi connectivity index (χ3n) is 7.55. The number of amides is 1. The molecule has 2 aromatic rings. The highest BCUT2D eigenvalue weighted by molar-refractivity contribution is 7.89. The summed E-state index contributed by atoms with van der Waals surface area (Å²) in [6.45, 7) is 2.23. The average molecular weight is 469 g/mol. The fraction of sp³-hybridized carbons (Fsp3) is 0.417. The highest BCUT2D eigenvalue weighted by atomic mass is 32.2. The molecule has 2 bridgehead atoms. The summed E-state index contributed by atoms with van der Waals surface area (Å²) in [5.74, 6) is 1.54. The van der Waals surface area contributed by atoms with E-state index in [0.717, 1.165) is 6.42 Å². The van der Waals surface area contributed by atoms with Crippen molar-refractivity contribution in [2.75, 3.05) is 0 Å². The second-order valence-electron chi connectivity index (χ2n) is 9.44. The van der Waals surface area contributed by atoms with Gasteiger partial charge in [0.05, 0.1) is 17.0 Å². The van der Waals surface area contributed by atoms with Gasteiger partial charge in [0.1, 0.15) is 11.9 Å². The molecule has 7 atom stereocenters. The Kier molecular flexibility index (Phi) is 5.27. The summed E-state index contributed by atoms with van der Waals surface area (Å²) in [5.41, 5.74) is 1.29. The summed E-state index contributed by atoms with van der Waals surface area (Å²) in [6.07, 6.45) is 1.05. The van der Waals surface area contributed by atoms with E-state index in [-0.39, 0.29) is 23.3 Å². The van der Waals surface area contributed by atoms with Crippen LogP contribution in [0.5, 0.6) is 0 Å². The summed E-state index contributed by atoms with van der Waals surface area (Å²) in [6, 6.07) is 11.8. The fourth-order valence-electron chi connectivity index (χ4n) is 5.96. The van der Waals surface area contributed by atoms with Crippen LogP contribution in [0.1, 0.15) is 18.9 Å². The smallest absolute Gasteiger partial charge is 0.238 e. The Balaban J connectivity index is 1.27. The van der Waals surface area contributed by atoms with Gasteiger partial charge in [-0.1, -0.05) is 31.2 Å². The van der Waals surface area contributed by atoms with Gasteiger partial charge in [-0.15, -0.1) is 0 Å². The molecule has 0 aromatic heterocycles. The van der Waals surface area contributed by atoms with Crippen molar-refractivity contribution in [2.24, 2.45) is 28.8 Å². The number of carbonyl (C=O) groups excluding carboxylic acids is 1. The predicted molar refractivity (Wildman–Crippen MR) is 119 cm³/mol. The third kappa shape index (κ3) is 3.92. The van der Waals surface area contributed by atoms with Crippen LogP contribution < -0.4 is 15.8 Å². The first-order chi connectivity index (χ1) is 15.7. The molecule has 0 radical (unpaired) electrons. The summed E-state index contributed by atoms with van der Waals surface area (Å²) in [7, 11) is -3.87. The lowest BCUT2D eigenvalue weighted by atomic mass is 9.94. The molecule has 2 aromatic carbocycles. The summed E-state index contributed by atoms with van der Waals surface area (Å²) in [4.78, 5) is 12.8. The number of nitrogens with one attached hydrogen (secondary N) is 2. The van der Waals surface area contributed by atoms with Gasteiger partial charge in [-0.25, -0.2) is 17.9 Å². The second kappa shape index (κ2) is 7.90. The number of hydrogen-bond acceptors (Lipinski definition) is 5. The maximum Gasteiger partial charge on any atom is 0.238 e. The van der Waals surface area contributed by atoms with Crippen LogP contribution in [-0.4, -0.2) is 32.5 Å². The monoisotopic (exact) mass is 468 g/mol. The van der Waals surface area contributed by atoms with Crippen LogP contribution in [0.15, 0.2) is 47.4 Å². The third-order valence-corrected chi connectivity index (χ3v) is 8.46. The molecule has 3 aliphatic rings. The Morgan fingerprint density at radius 2 is 2.03 bits per heavy atom. The van der Waals surface area contributed by atoms with Crippen LogP contribution in [0.2, 0.25) is 0 Å². The lowest BCUT2D eigenvalue weighted by Crippen LogP contribution is -2.51. The Bertz CT molecular complexity index is 1270. The molecule has 3 unspecified atom stereocenters. The number of nitrogens with two attached hydrogens (primary N) is 1. The highest BCUT2D eigenvalue weighted by Gasteiger charge is 2.67. The SMILES string of the molecule is CC1C2C1[C@H]1C[C@@H]2N[C@@H]1C(=O)N[C@H](C#N)Cc1ccc(-c2cccc(S(N)(=O)=O)c2)cc1F. The number of nitrogens with zero attached hydrogens (tertiary/aromatic N) is 1. The summed E-state index contributed by atoms with van der Waals surface area (Å²) >= 11 is 0. The zero-order chi connectivity index (χ0) is 23.5. The number of halogens is 1. The van der Waals surface area contributed by atoms with E-state index in [1.807, 2.05) is 0 Å². The van der Waals surface area contributed by atoms with Crippen LogP contribution in [-0.2, 0) is 21.2 Å². The van der Waals surface area contributed by atoms with Gasteiger partial charge >= 0.3 is 0 Å². The minimum Gasteiger partial charge on any atom is -0.339 e. The molecule has 1 heterocycles. The molecule has 1 amide bonds. The fourth-order valence-corrected chi connectivity index (χ4v) is 6.52. The van der Waals surface area contributed by atoms with Crippen molar-refractivity contribution in [3.8, 4) is 17.2 Å². The zero-order valence-electron chi connectivity index (χ0n) is 18.0. The van der Waals surface area contributed by atoms with E-state index in [2.05, 4.69) is 23.6 Å². The number of carbonyl (C=O) groups is 1. The van der Waals surface area contributed by atoms with Crippen molar-refractivity contribution in [2.45, 2.75) is 42.8 Å². The topological polar surface area (TPSA) is 125 Å². The molecule has 2 saturated carbocycles. The summed E-state index contributed by atoms with van der Waals surface area (Å²) < 4.78 is 38.0. The van der Waals surface area contributed by atoms with Crippen molar-refractivity contribution >= 4 is 15.9 Å². The van der Waals surface area contributed by atoms with E-state index in [1.165, 1.54) is 24.3 Å². The lowest BCUT2D eigenvalue weighted by Gasteiger charge is -2.23. The molecule has 0 spiro atoms. The van der Waals surface area contributed by atoms with Crippen molar-refractivity contribution in [1.82, 2.24) is 10.6 Å². The normalized spacial score (nSPS) is 30.4. The zero-order valence-corrected chi connectivity index (χ0v) is 18.8. The van der Waals surface area contributed by atoms with Crippen molar-refractivity contribution in [3.63, 3.8) is 0 Å². The number of sulfonamides is 1. The van der Waals surface area contributed by atoms with Gasteiger partial charge in [-0.3, -0.25) is 4.79 Å². The molecule has 33 heavy (non-hydrogen) atoms. The molecule has 7 nitrogen and oxygen atoms in total. The Labute approximate surface area is 192 Å². The van der Waals surface area contributed by atoms with Gasteiger partial charge in [-0.2, -0.15) is 5.26 Å². The first kappa shape index (κ1) is 22.0. The molecule has 2 aliphatic carbocycles. The number of nitriles is 1. The number of rotatable bonds is 6. The Hall–Kier alpha value is -2.80. The van der Waals surface area contributed by atoms with E-state index in [0.29, 0.717) is 46.4 Å². The van der Waals surface area contributed by atoms with Gasteiger partial charge < -0.3 is 10.6 Å². The minimum absolute atomic E-state index is 0.0366. The highest BCUT2D eigenvalue weighted by Crippen LogP contribution is 2.64. The predicted octanol–water partition coefficient (Wildman–Crippen LogP) is 1.93. The van der Waals surface area contributed by atoms with E-state index in [4.69, 9.17) is 5.14 Å². The lowest BCUT2D eigenvalue weighted by molar-refractivity contribution is -0.124. The molecule has 3 fully saturated rings. The summed E-state index contributed by atoms with van der Waals surface area (Å²) in [5, 5.41) is 20.9.